The first kappa shape index (κ1) is 28.0. The van der Waals surface area contributed by atoms with Gasteiger partial charge in [-0.1, -0.05) is 5.16 Å². The number of nitrogens with zero attached hydrogens (tertiary/aromatic N) is 4. The van der Waals surface area contributed by atoms with E-state index < -0.39 is 22.2 Å². The van der Waals surface area contributed by atoms with Gasteiger partial charge in [-0.25, -0.2) is 13.8 Å². The fourth-order valence-corrected chi connectivity index (χ4v) is 6.92. The molecule has 218 valence electrons. The molecule has 1 saturated heterocycles. The average molecular weight is 595 g/mol. The molecule has 0 radical (unpaired) electrons. The molecular weight excluding hydrogens is 566 g/mol. The number of aromatic nitrogens is 4. The minimum atomic E-state index is -2.63. The van der Waals surface area contributed by atoms with E-state index in [-0.39, 0.29) is 40.0 Å². The van der Waals surface area contributed by atoms with E-state index in [0.29, 0.717) is 41.7 Å². The number of benzene rings is 2. The van der Waals surface area contributed by atoms with Crippen molar-refractivity contribution in [1.82, 2.24) is 19.7 Å². The molecule has 0 unspecified atom stereocenters. The lowest BCUT2D eigenvalue weighted by atomic mass is 10.0. The molecule has 9 nitrogen and oxygen atoms in total. The van der Waals surface area contributed by atoms with E-state index in [4.69, 9.17) is 13.9 Å². The highest BCUT2D eigenvalue weighted by Gasteiger charge is 2.31. The monoisotopic (exact) mass is 594 g/mol. The van der Waals surface area contributed by atoms with Crippen molar-refractivity contribution in [1.29, 1.82) is 0 Å². The Hall–Kier alpha value is -4.13. The van der Waals surface area contributed by atoms with Gasteiger partial charge in [0.25, 0.3) is 11.4 Å². The molecule has 5 aromatic rings. The third kappa shape index (κ3) is 5.28. The van der Waals surface area contributed by atoms with Crippen LogP contribution in [0.2, 0.25) is 0 Å². The summed E-state index contributed by atoms with van der Waals surface area (Å²) in [5, 5.41) is 3.85. The van der Waals surface area contributed by atoms with Crippen molar-refractivity contribution in [2.24, 2.45) is 0 Å². The predicted molar refractivity (Wildman–Crippen MR) is 155 cm³/mol. The Morgan fingerprint density at radius 2 is 1.67 bits per heavy atom. The van der Waals surface area contributed by atoms with Crippen LogP contribution >= 0.6 is 10.6 Å². The Bertz CT molecular complexity index is 1850. The third-order valence-corrected chi connectivity index (χ3v) is 9.23. The lowest BCUT2D eigenvalue weighted by Crippen LogP contribution is -2.19. The van der Waals surface area contributed by atoms with E-state index in [9.17, 15) is 18.3 Å². The topological polar surface area (TPSA) is 127 Å². The normalized spacial score (nSPS) is 16.1. The third-order valence-electron chi connectivity index (χ3n) is 7.45. The first-order valence-electron chi connectivity index (χ1n) is 13.3. The van der Waals surface area contributed by atoms with Crippen LogP contribution in [0.5, 0.6) is 0 Å². The zero-order valence-corrected chi connectivity index (χ0v) is 23.9. The van der Waals surface area contributed by atoms with Gasteiger partial charge >= 0.3 is 0 Å². The molecule has 1 aliphatic rings. The largest absolute Gasteiger partial charge is 0.440 e. The molecule has 0 atom stereocenters. The van der Waals surface area contributed by atoms with Crippen molar-refractivity contribution < 1.29 is 26.8 Å². The molecule has 0 spiro atoms. The zero-order chi connectivity index (χ0) is 29.8. The fraction of sp³-hybridized carbons (Fsp3) is 0.267. The lowest BCUT2D eigenvalue weighted by Gasteiger charge is -2.38. The number of hydrogen-bond acceptors (Lipinski definition) is 8. The minimum Gasteiger partial charge on any atom is -0.440 e. The second kappa shape index (κ2) is 10.6. The molecular formula is C30H28F2N4O5S. The maximum atomic E-state index is 15.0. The summed E-state index contributed by atoms with van der Waals surface area (Å²) in [5.74, 6) is -0.0133. The van der Waals surface area contributed by atoms with E-state index in [1.54, 1.807) is 19.2 Å². The van der Waals surface area contributed by atoms with E-state index in [2.05, 4.69) is 10.1 Å². The number of rotatable bonds is 5. The molecule has 3 aromatic heterocycles. The molecule has 0 bridgehead atoms. The van der Waals surface area contributed by atoms with Crippen LogP contribution in [0, 0.1) is 32.4 Å². The van der Waals surface area contributed by atoms with Crippen molar-refractivity contribution in [2.75, 3.05) is 11.5 Å². The highest BCUT2D eigenvalue weighted by molar-refractivity contribution is 8.24. The molecule has 1 fully saturated rings. The lowest BCUT2D eigenvalue weighted by molar-refractivity contribution is 0.408. The second-order valence-corrected chi connectivity index (χ2v) is 13.0. The van der Waals surface area contributed by atoms with Crippen LogP contribution in [0.25, 0.3) is 39.7 Å². The van der Waals surface area contributed by atoms with Gasteiger partial charge in [0, 0.05) is 46.9 Å². The van der Waals surface area contributed by atoms with Crippen LogP contribution in [-0.4, -0.2) is 40.3 Å². The highest BCUT2D eigenvalue weighted by atomic mass is 32.3. The molecule has 6 rings (SSSR count). The first-order valence-corrected chi connectivity index (χ1v) is 15.2. The van der Waals surface area contributed by atoms with Gasteiger partial charge in [-0.3, -0.25) is 18.5 Å². The van der Waals surface area contributed by atoms with Gasteiger partial charge in [0.15, 0.2) is 17.5 Å². The molecule has 2 N–H and O–H groups in total. The molecule has 1 aliphatic heterocycles. The SMILES string of the molecule is Cc1noc(-c2cc(C)c(-n3cc(-c4nc(C5CCS(O)(O)CC5)oc4-c4ccc(F)cc4F)ccc3=O)c(C)c2)n1. The predicted octanol–water partition coefficient (Wildman–Crippen LogP) is 7.04. The van der Waals surface area contributed by atoms with Crippen molar-refractivity contribution in [3.05, 3.63) is 93.5 Å². The van der Waals surface area contributed by atoms with E-state index in [1.807, 2.05) is 26.0 Å². The molecule has 0 aliphatic carbocycles. The number of aryl methyl sites for hydroxylation is 3. The van der Waals surface area contributed by atoms with Crippen LogP contribution in [0.1, 0.15) is 41.6 Å². The maximum absolute atomic E-state index is 15.0. The van der Waals surface area contributed by atoms with E-state index in [1.165, 1.54) is 16.7 Å². The van der Waals surface area contributed by atoms with Gasteiger partial charge in [-0.05, 0) is 75.1 Å². The molecule has 0 saturated carbocycles. The zero-order valence-electron chi connectivity index (χ0n) is 23.1. The maximum Gasteiger partial charge on any atom is 0.257 e. The van der Waals surface area contributed by atoms with Gasteiger partial charge < -0.3 is 8.94 Å². The van der Waals surface area contributed by atoms with Crippen molar-refractivity contribution in [2.45, 2.75) is 39.5 Å². The summed E-state index contributed by atoms with van der Waals surface area (Å²) >= 11 is 0. The average Bonchev–Trinajstić information content (AvgIpc) is 3.56. The highest BCUT2D eigenvalue weighted by Crippen LogP contribution is 2.49. The summed E-state index contributed by atoms with van der Waals surface area (Å²) in [6.45, 7) is 5.47. The second-order valence-electron chi connectivity index (χ2n) is 10.6. The van der Waals surface area contributed by atoms with Crippen molar-refractivity contribution >= 4 is 10.6 Å². The molecule has 4 heterocycles. The summed E-state index contributed by atoms with van der Waals surface area (Å²) in [5.41, 5.74) is 3.44. The quantitative estimate of drug-likeness (QED) is 0.222. The van der Waals surface area contributed by atoms with Gasteiger partial charge in [-0.15, -0.1) is 0 Å². The van der Waals surface area contributed by atoms with Gasteiger partial charge in [0.2, 0.25) is 0 Å². The fourth-order valence-electron chi connectivity index (χ4n) is 5.39. The van der Waals surface area contributed by atoms with Crippen LogP contribution in [0.3, 0.4) is 0 Å². The Morgan fingerprint density at radius 1 is 0.952 bits per heavy atom. The molecule has 0 amide bonds. The molecule has 42 heavy (non-hydrogen) atoms. The van der Waals surface area contributed by atoms with Crippen LogP contribution in [0.15, 0.2) is 62.4 Å². The van der Waals surface area contributed by atoms with Crippen molar-refractivity contribution in [3.63, 3.8) is 0 Å². The Kier molecular flexibility index (Phi) is 7.08. The molecule has 2 aromatic carbocycles. The smallest absolute Gasteiger partial charge is 0.257 e. The number of halogens is 2. The Morgan fingerprint density at radius 3 is 2.31 bits per heavy atom. The van der Waals surface area contributed by atoms with Gasteiger partial charge in [-0.2, -0.15) is 15.6 Å². The standard InChI is InChI=1S/C30H28F2N4O5S/c1-16-12-21(30-33-18(3)35-41-30)13-17(2)27(16)36-15-20(4-7-25(36)37)26-28(23-6-5-22(31)14-24(23)32)40-29(34-26)19-8-10-42(38,39)11-9-19/h4-7,12-15,19,38-39H,8-11H2,1-3H3. The van der Waals surface area contributed by atoms with Crippen LogP contribution in [0.4, 0.5) is 8.78 Å². The number of hydrogen-bond donors (Lipinski definition) is 2. The van der Waals surface area contributed by atoms with Crippen LogP contribution < -0.4 is 5.56 Å². The minimum absolute atomic E-state index is 0.0227. The number of pyridine rings is 1. The molecule has 12 heteroatoms. The summed E-state index contributed by atoms with van der Waals surface area (Å²) in [7, 11) is -2.63. The number of oxazole rings is 1. The van der Waals surface area contributed by atoms with Crippen LogP contribution in [-0.2, 0) is 0 Å². The summed E-state index contributed by atoms with van der Waals surface area (Å²) in [6, 6.07) is 9.90. The summed E-state index contributed by atoms with van der Waals surface area (Å²) in [6.07, 6.45) is 2.51. The summed E-state index contributed by atoms with van der Waals surface area (Å²) in [4.78, 5) is 22.2. The Labute approximate surface area is 241 Å². The van der Waals surface area contributed by atoms with E-state index in [0.717, 1.165) is 28.8 Å². The van der Waals surface area contributed by atoms with Crippen molar-refractivity contribution in [3.8, 4) is 39.7 Å². The van der Waals surface area contributed by atoms with E-state index >= 15 is 4.39 Å². The first-order chi connectivity index (χ1) is 20.0. The summed E-state index contributed by atoms with van der Waals surface area (Å²) < 4.78 is 61.9. The Balaban J connectivity index is 1.47. The van der Waals surface area contributed by atoms with Gasteiger partial charge in [0.1, 0.15) is 17.3 Å². The van der Waals surface area contributed by atoms with Gasteiger partial charge in [0.05, 0.1) is 11.3 Å².